The van der Waals surface area contributed by atoms with Gasteiger partial charge in [-0.05, 0) is 46.5 Å². The molecule has 2 heterocycles. The van der Waals surface area contributed by atoms with E-state index in [-0.39, 0.29) is 11.8 Å². The van der Waals surface area contributed by atoms with Gasteiger partial charge in [0.25, 0.3) is 5.91 Å². The van der Waals surface area contributed by atoms with E-state index in [1.54, 1.807) is 36.1 Å². The van der Waals surface area contributed by atoms with Crippen LogP contribution in [0.25, 0.3) is 16.3 Å². The lowest BCUT2D eigenvalue weighted by Crippen LogP contribution is -2.35. The molecule has 30 heavy (non-hydrogen) atoms. The molecule has 2 amide bonds. The van der Waals surface area contributed by atoms with Crippen LogP contribution in [-0.4, -0.2) is 63.8 Å². The lowest BCUT2D eigenvalue weighted by atomic mass is 9.97. The maximum atomic E-state index is 12.6. The monoisotopic (exact) mass is 403 g/mol. The van der Waals surface area contributed by atoms with E-state index < -0.39 is 0 Å². The van der Waals surface area contributed by atoms with Crippen molar-refractivity contribution >= 4 is 28.2 Å². The Bertz CT molecular complexity index is 1100. The van der Waals surface area contributed by atoms with Gasteiger partial charge in [-0.15, -0.1) is 5.10 Å². The Morgan fingerprint density at radius 3 is 2.67 bits per heavy atom. The molecule has 1 aliphatic rings. The topological polar surface area (TPSA) is 71.3 Å². The Kier molecular flexibility index (Phi) is 5.61. The van der Waals surface area contributed by atoms with Crippen LogP contribution in [0.2, 0.25) is 0 Å². The van der Waals surface area contributed by atoms with Crippen LogP contribution in [0.5, 0.6) is 0 Å². The van der Waals surface area contributed by atoms with Gasteiger partial charge in [-0.2, -0.15) is 0 Å². The summed E-state index contributed by atoms with van der Waals surface area (Å²) in [6.45, 7) is 1.89. The lowest BCUT2D eigenvalue weighted by molar-refractivity contribution is -0.131. The van der Waals surface area contributed by atoms with Crippen molar-refractivity contribution in [2.45, 2.75) is 19.4 Å². The molecule has 1 aliphatic heterocycles. The molecule has 7 nitrogen and oxygen atoms in total. The normalized spacial score (nSPS) is 13.9. The average molecular weight is 403 g/mol. The van der Waals surface area contributed by atoms with E-state index in [0.717, 1.165) is 34.9 Å². The van der Waals surface area contributed by atoms with Crippen LogP contribution in [0.4, 0.5) is 0 Å². The van der Waals surface area contributed by atoms with E-state index in [4.69, 9.17) is 0 Å². The van der Waals surface area contributed by atoms with E-state index >= 15 is 0 Å². The number of rotatable bonds is 5. The van der Waals surface area contributed by atoms with Crippen LogP contribution < -0.4 is 0 Å². The molecule has 0 fully saturated rings. The minimum Gasteiger partial charge on any atom is -0.345 e. The molecule has 0 bridgehead atoms. The molecule has 1 aromatic heterocycles. The largest absolute Gasteiger partial charge is 0.345 e. The Labute approximate surface area is 175 Å². The van der Waals surface area contributed by atoms with Crippen LogP contribution >= 0.6 is 0 Å². The fourth-order valence-corrected chi connectivity index (χ4v) is 3.72. The number of carbonyl (C=O) groups excluding carboxylic acids is 2. The molecule has 4 rings (SSSR count). The molecular formula is C23H25N5O2. The van der Waals surface area contributed by atoms with E-state index in [2.05, 4.69) is 28.5 Å². The number of carbonyl (C=O) groups is 2. The highest BCUT2D eigenvalue weighted by atomic mass is 16.2. The van der Waals surface area contributed by atoms with Crippen molar-refractivity contribution < 1.29 is 9.59 Å². The fraction of sp³-hybridized carbons (Fsp3) is 0.304. The van der Waals surface area contributed by atoms with Gasteiger partial charge >= 0.3 is 0 Å². The minimum atomic E-state index is -0.00369. The Morgan fingerprint density at radius 1 is 1.10 bits per heavy atom. The summed E-state index contributed by atoms with van der Waals surface area (Å²) in [6.07, 6.45) is 6.86. The zero-order valence-electron chi connectivity index (χ0n) is 17.3. The summed E-state index contributed by atoms with van der Waals surface area (Å²) in [5, 5.41) is 9.80. The third-order valence-electron chi connectivity index (χ3n) is 5.39. The van der Waals surface area contributed by atoms with Crippen LogP contribution in [0.15, 0.2) is 54.9 Å². The van der Waals surface area contributed by atoms with Gasteiger partial charge in [0, 0.05) is 45.4 Å². The quantitative estimate of drug-likeness (QED) is 0.657. The van der Waals surface area contributed by atoms with Gasteiger partial charge < -0.3 is 9.80 Å². The average Bonchev–Trinajstić information content (AvgIpc) is 3.30. The number of nitrogens with zero attached hydrogens (tertiary/aromatic N) is 5. The molecule has 3 aromatic rings. The van der Waals surface area contributed by atoms with E-state index in [9.17, 15) is 9.59 Å². The van der Waals surface area contributed by atoms with Crippen LogP contribution in [0.3, 0.4) is 0 Å². The molecule has 0 atom stereocenters. The lowest BCUT2D eigenvalue weighted by Gasteiger charge is -2.28. The summed E-state index contributed by atoms with van der Waals surface area (Å²) in [4.78, 5) is 28.3. The molecule has 7 heteroatoms. The molecule has 0 unspecified atom stereocenters. The number of aromatic nitrogens is 3. The smallest absolute Gasteiger partial charge is 0.253 e. The van der Waals surface area contributed by atoms with Gasteiger partial charge in [0.1, 0.15) is 0 Å². The summed E-state index contributed by atoms with van der Waals surface area (Å²) in [5.74, 6) is 0.125. The number of hydrogen-bond acceptors (Lipinski definition) is 4. The fourth-order valence-electron chi connectivity index (χ4n) is 3.72. The second-order valence-electron chi connectivity index (χ2n) is 7.73. The number of fused-ring (bicyclic) bond motifs is 1. The van der Waals surface area contributed by atoms with Crippen LogP contribution in [0, 0.1) is 0 Å². The van der Waals surface area contributed by atoms with Crippen molar-refractivity contribution in [3.63, 3.8) is 0 Å². The van der Waals surface area contributed by atoms with Crippen molar-refractivity contribution in [3.8, 4) is 0 Å². The Hall–Kier alpha value is -3.48. The first-order valence-corrected chi connectivity index (χ1v) is 10.1. The molecule has 0 aliphatic carbocycles. The first-order chi connectivity index (χ1) is 14.5. The Balaban J connectivity index is 1.47. The van der Waals surface area contributed by atoms with E-state index in [1.165, 1.54) is 0 Å². The maximum absolute atomic E-state index is 12.6. The van der Waals surface area contributed by atoms with Crippen molar-refractivity contribution in [1.29, 1.82) is 0 Å². The molecule has 0 radical (unpaired) electrons. The van der Waals surface area contributed by atoms with Crippen LogP contribution in [-0.2, 0) is 11.3 Å². The van der Waals surface area contributed by atoms with Gasteiger partial charge in [0.15, 0.2) is 0 Å². The molecule has 154 valence electrons. The third kappa shape index (κ3) is 4.25. The van der Waals surface area contributed by atoms with Gasteiger partial charge in [-0.25, -0.2) is 0 Å². The molecule has 0 saturated carbocycles. The molecule has 2 aromatic carbocycles. The zero-order valence-corrected chi connectivity index (χ0v) is 17.3. The standard InChI is InChI=1S/C23H25N5O2/c1-26(2)23(30)20-8-7-17-14-19(6-5-18(17)15-20)21-4-3-11-27(16-21)22(29)9-12-28-13-10-24-25-28/h4-8,10,13-15H,3,9,11-12,16H2,1-2H3. The summed E-state index contributed by atoms with van der Waals surface area (Å²) >= 11 is 0. The van der Waals surface area contributed by atoms with Crippen LogP contribution in [0.1, 0.15) is 28.8 Å². The summed E-state index contributed by atoms with van der Waals surface area (Å²) < 4.78 is 1.68. The second-order valence-corrected chi connectivity index (χ2v) is 7.73. The van der Waals surface area contributed by atoms with Gasteiger partial charge in [0.2, 0.25) is 5.91 Å². The first kappa shape index (κ1) is 19.8. The second kappa shape index (κ2) is 8.49. The van der Waals surface area contributed by atoms with Gasteiger partial charge in [0.05, 0.1) is 12.7 Å². The number of hydrogen-bond donors (Lipinski definition) is 0. The SMILES string of the molecule is CN(C)C(=O)c1ccc2cc(C3=CCCN(C(=O)CCn4ccnn4)C3)ccc2c1. The number of amides is 2. The predicted molar refractivity (Wildman–Crippen MR) is 116 cm³/mol. The predicted octanol–water partition coefficient (Wildman–Crippen LogP) is 2.84. The van der Waals surface area contributed by atoms with Crippen molar-refractivity contribution in [3.05, 3.63) is 66.0 Å². The zero-order chi connectivity index (χ0) is 21.1. The van der Waals surface area contributed by atoms with Gasteiger partial charge in [-0.1, -0.05) is 29.5 Å². The van der Waals surface area contributed by atoms with E-state index in [1.807, 2.05) is 29.2 Å². The highest BCUT2D eigenvalue weighted by Gasteiger charge is 2.19. The number of benzene rings is 2. The van der Waals surface area contributed by atoms with E-state index in [0.29, 0.717) is 25.1 Å². The minimum absolute atomic E-state index is 0.00369. The number of aryl methyl sites for hydroxylation is 1. The van der Waals surface area contributed by atoms with Crippen molar-refractivity contribution in [2.24, 2.45) is 0 Å². The molecule has 0 saturated heterocycles. The first-order valence-electron chi connectivity index (χ1n) is 10.1. The third-order valence-corrected chi connectivity index (χ3v) is 5.39. The van der Waals surface area contributed by atoms with Gasteiger partial charge in [-0.3, -0.25) is 14.3 Å². The molecular weight excluding hydrogens is 378 g/mol. The Morgan fingerprint density at radius 2 is 1.90 bits per heavy atom. The van der Waals surface area contributed by atoms with Crippen molar-refractivity contribution in [2.75, 3.05) is 27.2 Å². The summed E-state index contributed by atoms with van der Waals surface area (Å²) in [7, 11) is 3.51. The summed E-state index contributed by atoms with van der Waals surface area (Å²) in [6, 6.07) is 12.0. The molecule has 0 N–H and O–H groups in total. The molecule has 0 spiro atoms. The maximum Gasteiger partial charge on any atom is 0.253 e. The van der Waals surface area contributed by atoms with Crippen molar-refractivity contribution in [1.82, 2.24) is 24.8 Å². The highest BCUT2D eigenvalue weighted by Crippen LogP contribution is 2.26. The summed E-state index contributed by atoms with van der Waals surface area (Å²) in [5.41, 5.74) is 2.95. The highest BCUT2D eigenvalue weighted by molar-refractivity contribution is 5.99.